The van der Waals surface area contributed by atoms with Crippen LogP contribution in [0.5, 0.6) is 0 Å². The summed E-state index contributed by atoms with van der Waals surface area (Å²) < 4.78 is 13.4. The van der Waals surface area contributed by atoms with Gasteiger partial charge in [0.15, 0.2) is 5.82 Å². The molecule has 5 nitrogen and oxygen atoms in total. The van der Waals surface area contributed by atoms with Crippen LogP contribution in [0.15, 0.2) is 17.1 Å². The molecule has 0 saturated heterocycles. The highest BCUT2D eigenvalue weighted by Crippen LogP contribution is 2.32. The molecule has 2 N–H and O–H groups in total. The lowest BCUT2D eigenvalue weighted by Gasteiger charge is -2.01. The first-order valence-corrected chi connectivity index (χ1v) is 4.89. The summed E-state index contributed by atoms with van der Waals surface area (Å²) in [6.07, 6.45) is 0. The molecule has 0 saturated carbocycles. The fraction of sp³-hybridized carbons (Fsp3) is 0.125. The van der Waals surface area contributed by atoms with Crippen LogP contribution in [-0.4, -0.2) is 16.6 Å². The molecule has 8 heteroatoms. The minimum absolute atomic E-state index is 0.0312. The fourth-order valence-electron chi connectivity index (χ4n) is 0.938. The molecular weight excluding hydrogens is 260 g/mol. The van der Waals surface area contributed by atoms with Gasteiger partial charge in [-0.05, 0) is 0 Å². The maximum absolute atomic E-state index is 13.4. The minimum atomic E-state index is -0.924. The molecule has 0 aliphatic rings. The van der Waals surface area contributed by atoms with Crippen LogP contribution in [0.4, 0.5) is 15.8 Å². The number of rotatable bonds is 3. The molecule has 0 aliphatic carbocycles. The molecule has 86 valence electrons. The zero-order valence-corrected chi connectivity index (χ0v) is 9.30. The van der Waals surface area contributed by atoms with Gasteiger partial charge in [-0.15, -0.1) is 11.6 Å². The van der Waals surface area contributed by atoms with Crippen molar-refractivity contribution in [2.75, 3.05) is 5.88 Å². The van der Waals surface area contributed by atoms with Gasteiger partial charge >= 0.3 is 0 Å². The molecule has 16 heavy (non-hydrogen) atoms. The third-order valence-corrected chi connectivity index (χ3v) is 2.17. The van der Waals surface area contributed by atoms with E-state index < -0.39 is 16.4 Å². The normalized spacial score (nSPS) is 11.6. The Morgan fingerprint density at radius 1 is 1.62 bits per heavy atom. The zero-order valence-electron chi connectivity index (χ0n) is 7.78. The van der Waals surface area contributed by atoms with E-state index in [1.54, 1.807) is 0 Å². The van der Waals surface area contributed by atoms with Crippen molar-refractivity contribution >= 4 is 40.4 Å². The molecule has 0 bridgehead atoms. The van der Waals surface area contributed by atoms with Crippen LogP contribution in [0.2, 0.25) is 5.02 Å². The predicted octanol–water partition coefficient (Wildman–Crippen LogP) is 2.61. The van der Waals surface area contributed by atoms with Crippen molar-refractivity contribution in [1.29, 1.82) is 0 Å². The SMILES string of the molecule is NC(CCl)=Nc1c(F)cc([N+](=O)[O-])cc1Cl. The van der Waals surface area contributed by atoms with Gasteiger partial charge in [0.1, 0.15) is 11.5 Å². The van der Waals surface area contributed by atoms with Gasteiger partial charge in [-0.2, -0.15) is 0 Å². The lowest BCUT2D eigenvalue weighted by molar-refractivity contribution is -0.385. The second-order valence-electron chi connectivity index (χ2n) is 2.75. The second-order valence-corrected chi connectivity index (χ2v) is 3.43. The molecule has 0 fully saturated rings. The number of aliphatic imine (C=N–C) groups is 1. The zero-order chi connectivity index (χ0) is 12.3. The first-order valence-electron chi connectivity index (χ1n) is 3.98. The van der Waals surface area contributed by atoms with E-state index in [1.807, 2.05) is 0 Å². The average molecular weight is 266 g/mol. The van der Waals surface area contributed by atoms with E-state index in [0.29, 0.717) is 6.07 Å². The predicted molar refractivity (Wildman–Crippen MR) is 60.1 cm³/mol. The smallest absolute Gasteiger partial charge is 0.274 e. The molecule has 0 aliphatic heterocycles. The molecule has 1 aromatic carbocycles. The van der Waals surface area contributed by atoms with Gasteiger partial charge in [0, 0.05) is 6.07 Å². The molecule has 0 aromatic heterocycles. The monoisotopic (exact) mass is 265 g/mol. The van der Waals surface area contributed by atoms with Crippen LogP contribution < -0.4 is 5.73 Å². The third kappa shape index (κ3) is 2.80. The van der Waals surface area contributed by atoms with E-state index in [0.717, 1.165) is 6.07 Å². The summed E-state index contributed by atoms with van der Waals surface area (Å²) in [5.41, 5.74) is 4.59. The standard InChI is InChI=1S/C8H6Cl2FN3O2/c9-3-7(12)13-8-5(10)1-4(14(15)16)2-6(8)11/h1-2H,3H2,(H2,12,13). The van der Waals surface area contributed by atoms with Crippen molar-refractivity contribution in [2.45, 2.75) is 0 Å². The van der Waals surface area contributed by atoms with E-state index >= 15 is 0 Å². The summed E-state index contributed by atoms with van der Waals surface area (Å²) in [5.74, 6) is -1.05. The largest absolute Gasteiger partial charge is 0.386 e. The summed E-state index contributed by atoms with van der Waals surface area (Å²) in [7, 11) is 0. The molecular formula is C8H6Cl2FN3O2. The molecule has 1 aromatic rings. The Bertz CT molecular complexity index is 442. The third-order valence-electron chi connectivity index (χ3n) is 1.60. The summed E-state index contributed by atoms with van der Waals surface area (Å²) in [5, 5.41) is 10.2. The second kappa shape index (κ2) is 5.09. The molecule has 0 heterocycles. The highest BCUT2D eigenvalue weighted by atomic mass is 35.5. The Hall–Kier alpha value is -1.40. The number of nitrogens with zero attached hydrogens (tertiary/aromatic N) is 2. The Morgan fingerprint density at radius 2 is 2.25 bits per heavy atom. The fourth-order valence-corrected chi connectivity index (χ4v) is 1.24. The number of nitro benzene ring substituents is 1. The molecule has 0 atom stereocenters. The summed E-state index contributed by atoms with van der Waals surface area (Å²) in [4.78, 5) is 13.2. The highest BCUT2D eigenvalue weighted by molar-refractivity contribution is 6.33. The topological polar surface area (TPSA) is 81.5 Å². The van der Waals surface area contributed by atoms with Crippen LogP contribution in [0.1, 0.15) is 0 Å². The van der Waals surface area contributed by atoms with Crippen LogP contribution in [-0.2, 0) is 0 Å². The number of amidine groups is 1. The lowest BCUT2D eigenvalue weighted by atomic mass is 10.2. The molecule has 1 rings (SSSR count). The van der Waals surface area contributed by atoms with Crippen molar-refractivity contribution < 1.29 is 9.31 Å². The van der Waals surface area contributed by atoms with Crippen LogP contribution in [0.3, 0.4) is 0 Å². The summed E-state index contributed by atoms with van der Waals surface area (Å²) in [6.45, 7) is 0. The number of nitrogens with two attached hydrogens (primary N) is 1. The number of non-ortho nitro benzene ring substituents is 1. The number of hydrogen-bond acceptors (Lipinski definition) is 3. The Labute approximate surface area is 99.8 Å². The van der Waals surface area contributed by atoms with Gasteiger partial charge in [-0.3, -0.25) is 10.1 Å². The lowest BCUT2D eigenvalue weighted by Crippen LogP contribution is -2.12. The highest BCUT2D eigenvalue weighted by Gasteiger charge is 2.15. The van der Waals surface area contributed by atoms with Gasteiger partial charge in [0.05, 0.1) is 21.9 Å². The first-order chi connectivity index (χ1) is 7.45. The summed E-state index contributed by atoms with van der Waals surface area (Å²) >= 11 is 11.0. The van der Waals surface area contributed by atoms with Crippen molar-refractivity contribution in [3.63, 3.8) is 0 Å². The van der Waals surface area contributed by atoms with Crippen molar-refractivity contribution in [3.05, 3.63) is 33.1 Å². The van der Waals surface area contributed by atoms with Gasteiger partial charge < -0.3 is 5.73 Å². The number of benzene rings is 1. The molecule has 0 spiro atoms. The Balaban J connectivity index is 3.28. The van der Waals surface area contributed by atoms with E-state index in [4.69, 9.17) is 28.9 Å². The maximum atomic E-state index is 13.4. The van der Waals surface area contributed by atoms with E-state index in [1.165, 1.54) is 0 Å². The van der Waals surface area contributed by atoms with E-state index in [-0.39, 0.29) is 22.4 Å². The Kier molecular flexibility index (Phi) is 4.03. The van der Waals surface area contributed by atoms with Gasteiger partial charge in [-0.1, -0.05) is 11.6 Å². The quantitative estimate of drug-likeness (QED) is 0.300. The van der Waals surface area contributed by atoms with Gasteiger partial charge in [0.25, 0.3) is 5.69 Å². The number of halogens is 3. The first kappa shape index (κ1) is 12.7. The van der Waals surface area contributed by atoms with Gasteiger partial charge in [0.2, 0.25) is 0 Å². The summed E-state index contributed by atoms with van der Waals surface area (Å²) in [6, 6.07) is 1.71. The van der Waals surface area contributed by atoms with Crippen molar-refractivity contribution in [3.8, 4) is 0 Å². The van der Waals surface area contributed by atoms with Crippen LogP contribution in [0.25, 0.3) is 0 Å². The number of nitro groups is 1. The van der Waals surface area contributed by atoms with Crippen molar-refractivity contribution in [2.24, 2.45) is 10.7 Å². The van der Waals surface area contributed by atoms with E-state index in [9.17, 15) is 14.5 Å². The van der Waals surface area contributed by atoms with Gasteiger partial charge in [-0.25, -0.2) is 9.38 Å². The van der Waals surface area contributed by atoms with Crippen molar-refractivity contribution in [1.82, 2.24) is 0 Å². The minimum Gasteiger partial charge on any atom is -0.386 e. The Morgan fingerprint density at radius 3 is 2.69 bits per heavy atom. The maximum Gasteiger partial charge on any atom is 0.274 e. The van der Waals surface area contributed by atoms with Crippen LogP contribution >= 0.6 is 23.2 Å². The molecule has 0 unspecified atom stereocenters. The molecule has 0 radical (unpaired) electrons. The van der Waals surface area contributed by atoms with E-state index in [2.05, 4.69) is 4.99 Å². The number of hydrogen-bond donors (Lipinski definition) is 1. The number of alkyl halides is 1. The molecule has 0 amide bonds. The van der Waals surface area contributed by atoms with Crippen LogP contribution in [0, 0.1) is 15.9 Å². The average Bonchev–Trinajstić information content (AvgIpc) is 2.22.